The molecule has 1 aromatic rings. The van der Waals surface area contributed by atoms with E-state index in [1.165, 1.54) is 0 Å². The molecule has 1 rings (SSSR count). The molecule has 0 aliphatic heterocycles. The molecule has 0 aromatic carbocycles. The molecule has 0 aliphatic rings. The predicted octanol–water partition coefficient (Wildman–Crippen LogP) is -1.54. The molecule has 0 atom stereocenters. The van der Waals surface area contributed by atoms with Crippen LogP contribution in [0.5, 0.6) is 0 Å². The second-order valence-electron chi connectivity index (χ2n) is 3.51. The summed E-state index contributed by atoms with van der Waals surface area (Å²) in [5, 5.41) is 8.70. The third-order valence-corrected chi connectivity index (χ3v) is 4.30. The number of sulfonamides is 1. The molecule has 1 aromatic heterocycles. The largest absolute Gasteiger partial charge is 0.396 e. The predicted molar refractivity (Wildman–Crippen MR) is 63.8 cm³/mol. The van der Waals surface area contributed by atoms with Crippen LogP contribution in [0.15, 0.2) is 20.7 Å². The molecule has 0 amide bonds. The standard InChI is InChI=1S/C9H15N3O5S/c1-2-12(4-3-5-13)18(16,17)7-6-10-9(15)11-8(7)14/h6,13H,2-5H2,1H3,(H2,10,11,14,15). The second-order valence-corrected chi connectivity index (χ2v) is 5.42. The summed E-state index contributed by atoms with van der Waals surface area (Å²) in [4.78, 5) is 25.7. The highest BCUT2D eigenvalue weighted by Crippen LogP contribution is 2.09. The molecular formula is C9H15N3O5S. The van der Waals surface area contributed by atoms with E-state index >= 15 is 0 Å². The van der Waals surface area contributed by atoms with Gasteiger partial charge in [0.1, 0.15) is 0 Å². The lowest BCUT2D eigenvalue weighted by atomic mass is 10.4. The Morgan fingerprint density at radius 3 is 2.56 bits per heavy atom. The average molecular weight is 277 g/mol. The Morgan fingerprint density at radius 1 is 1.39 bits per heavy atom. The van der Waals surface area contributed by atoms with Crippen molar-refractivity contribution in [3.63, 3.8) is 0 Å². The Balaban J connectivity index is 3.19. The van der Waals surface area contributed by atoms with Gasteiger partial charge in [0.2, 0.25) is 10.0 Å². The highest BCUT2D eigenvalue weighted by molar-refractivity contribution is 7.89. The molecule has 3 N–H and O–H groups in total. The first-order valence-electron chi connectivity index (χ1n) is 5.36. The van der Waals surface area contributed by atoms with Crippen LogP contribution in [-0.4, -0.2) is 47.5 Å². The van der Waals surface area contributed by atoms with Crippen LogP contribution in [0.25, 0.3) is 0 Å². The molecule has 0 bridgehead atoms. The summed E-state index contributed by atoms with van der Waals surface area (Å²) in [7, 11) is -3.96. The summed E-state index contributed by atoms with van der Waals surface area (Å²) in [5.74, 6) is 0. The number of aromatic nitrogens is 2. The van der Waals surface area contributed by atoms with Gasteiger partial charge in [-0.3, -0.25) is 9.78 Å². The summed E-state index contributed by atoms with van der Waals surface area (Å²) >= 11 is 0. The Kier molecular flexibility index (Phi) is 4.82. The minimum atomic E-state index is -3.96. The fourth-order valence-corrected chi connectivity index (χ4v) is 2.90. The van der Waals surface area contributed by atoms with Crippen molar-refractivity contribution in [1.82, 2.24) is 14.3 Å². The molecule has 0 spiro atoms. The lowest BCUT2D eigenvalue weighted by molar-refractivity contribution is 0.271. The molecule has 0 saturated carbocycles. The highest BCUT2D eigenvalue weighted by atomic mass is 32.2. The van der Waals surface area contributed by atoms with Crippen molar-refractivity contribution >= 4 is 10.0 Å². The Labute approximate surface area is 103 Å². The monoisotopic (exact) mass is 277 g/mol. The summed E-state index contributed by atoms with van der Waals surface area (Å²) in [6.07, 6.45) is 1.15. The Hall–Kier alpha value is -1.45. The Bertz CT molecular complexity index is 603. The number of nitrogens with zero attached hydrogens (tertiary/aromatic N) is 1. The number of aliphatic hydroxyl groups is 1. The Morgan fingerprint density at radius 2 is 2.06 bits per heavy atom. The maximum atomic E-state index is 12.1. The molecule has 0 radical (unpaired) electrons. The van der Waals surface area contributed by atoms with E-state index in [1.54, 1.807) is 6.92 Å². The first-order valence-corrected chi connectivity index (χ1v) is 6.80. The fraction of sp³-hybridized carbons (Fsp3) is 0.556. The first kappa shape index (κ1) is 14.6. The van der Waals surface area contributed by atoms with E-state index in [9.17, 15) is 18.0 Å². The van der Waals surface area contributed by atoms with Gasteiger partial charge in [0.25, 0.3) is 5.56 Å². The van der Waals surface area contributed by atoms with Gasteiger partial charge in [0.15, 0.2) is 4.90 Å². The smallest absolute Gasteiger partial charge is 0.325 e. The van der Waals surface area contributed by atoms with E-state index in [0.717, 1.165) is 10.5 Å². The van der Waals surface area contributed by atoms with Gasteiger partial charge < -0.3 is 10.1 Å². The minimum Gasteiger partial charge on any atom is -0.396 e. The van der Waals surface area contributed by atoms with Crippen molar-refractivity contribution in [2.24, 2.45) is 0 Å². The van der Waals surface area contributed by atoms with Crippen LogP contribution in [0, 0.1) is 0 Å². The van der Waals surface area contributed by atoms with Crippen LogP contribution < -0.4 is 11.2 Å². The van der Waals surface area contributed by atoms with Gasteiger partial charge in [-0.2, -0.15) is 4.31 Å². The minimum absolute atomic E-state index is 0.105. The van der Waals surface area contributed by atoms with Crippen LogP contribution in [0.1, 0.15) is 13.3 Å². The SMILES string of the molecule is CCN(CCCO)S(=O)(=O)c1c[nH]c(=O)[nH]c1=O. The zero-order valence-electron chi connectivity index (χ0n) is 9.84. The summed E-state index contributed by atoms with van der Waals surface area (Å²) in [6, 6.07) is 0. The third-order valence-electron chi connectivity index (χ3n) is 2.32. The molecule has 0 fully saturated rings. The number of aromatic amines is 2. The van der Waals surface area contributed by atoms with Gasteiger partial charge in [-0.1, -0.05) is 6.92 Å². The van der Waals surface area contributed by atoms with Gasteiger partial charge >= 0.3 is 5.69 Å². The fourth-order valence-electron chi connectivity index (χ4n) is 1.42. The number of nitrogens with one attached hydrogen (secondary N) is 2. The molecule has 9 heteroatoms. The van der Waals surface area contributed by atoms with E-state index in [0.29, 0.717) is 0 Å². The van der Waals surface area contributed by atoms with Crippen LogP contribution in [0.4, 0.5) is 0 Å². The van der Waals surface area contributed by atoms with Gasteiger partial charge in [-0.25, -0.2) is 13.2 Å². The molecular weight excluding hydrogens is 262 g/mol. The van der Waals surface area contributed by atoms with Gasteiger partial charge in [-0.05, 0) is 6.42 Å². The van der Waals surface area contributed by atoms with Gasteiger partial charge in [0.05, 0.1) is 0 Å². The van der Waals surface area contributed by atoms with Crippen molar-refractivity contribution in [1.29, 1.82) is 0 Å². The quantitative estimate of drug-likeness (QED) is 0.581. The molecule has 0 unspecified atom stereocenters. The van der Waals surface area contributed by atoms with E-state index < -0.39 is 26.2 Å². The first-order chi connectivity index (χ1) is 8.43. The summed E-state index contributed by atoms with van der Waals surface area (Å²) < 4.78 is 25.3. The third kappa shape index (κ3) is 3.06. The molecule has 0 aliphatic carbocycles. The van der Waals surface area contributed by atoms with E-state index in [1.807, 2.05) is 4.98 Å². The van der Waals surface area contributed by atoms with E-state index in [4.69, 9.17) is 5.11 Å². The number of aliphatic hydroxyl groups excluding tert-OH is 1. The molecule has 8 nitrogen and oxygen atoms in total. The van der Waals surface area contributed by atoms with Crippen molar-refractivity contribution < 1.29 is 13.5 Å². The number of hydrogen-bond donors (Lipinski definition) is 3. The maximum absolute atomic E-state index is 12.1. The van der Waals surface area contributed by atoms with Crippen LogP contribution >= 0.6 is 0 Å². The molecule has 0 saturated heterocycles. The van der Waals surface area contributed by atoms with Crippen molar-refractivity contribution in [2.45, 2.75) is 18.2 Å². The van der Waals surface area contributed by atoms with Crippen LogP contribution in [0.2, 0.25) is 0 Å². The summed E-state index contributed by atoms with van der Waals surface area (Å²) in [6.45, 7) is 1.75. The zero-order valence-corrected chi connectivity index (χ0v) is 10.7. The van der Waals surface area contributed by atoms with Gasteiger partial charge in [0, 0.05) is 25.9 Å². The van der Waals surface area contributed by atoms with Crippen LogP contribution in [-0.2, 0) is 10.0 Å². The highest BCUT2D eigenvalue weighted by Gasteiger charge is 2.25. The molecule has 1 heterocycles. The zero-order chi connectivity index (χ0) is 13.8. The van der Waals surface area contributed by atoms with Gasteiger partial charge in [-0.15, -0.1) is 0 Å². The van der Waals surface area contributed by atoms with E-state index in [2.05, 4.69) is 4.98 Å². The maximum Gasteiger partial charge on any atom is 0.325 e. The van der Waals surface area contributed by atoms with Crippen molar-refractivity contribution in [2.75, 3.05) is 19.7 Å². The number of H-pyrrole nitrogens is 2. The van der Waals surface area contributed by atoms with E-state index in [-0.39, 0.29) is 26.1 Å². The van der Waals surface area contributed by atoms with Crippen LogP contribution in [0.3, 0.4) is 0 Å². The lowest BCUT2D eigenvalue weighted by Gasteiger charge is -2.19. The average Bonchev–Trinajstić information content (AvgIpc) is 2.29. The van der Waals surface area contributed by atoms with Crippen molar-refractivity contribution in [3.05, 3.63) is 27.0 Å². The normalized spacial score (nSPS) is 11.9. The number of hydrogen-bond acceptors (Lipinski definition) is 5. The topological polar surface area (TPSA) is 123 Å². The molecule has 18 heavy (non-hydrogen) atoms. The lowest BCUT2D eigenvalue weighted by Crippen LogP contribution is -2.37. The van der Waals surface area contributed by atoms with Crippen molar-refractivity contribution in [3.8, 4) is 0 Å². The second kappa shape index (κ2) is 5.94. The molecule has 102 valence electrons. The number of rotatable bonds is 6. The summed E-state index contributed by atoms with van der Waals surface area (Å²) in [5.41, 5.74) is -1.72.